The SMILES string of the molecule is COc1ccc(-c2noc(N3CCC(C(=O)N[C@H](C)c4ccccc4)CC3)n2)cc1. The van der Waals surface area contributed by atoms with E-state index < -0.39 is 0 Å². The molecular formula is C23H26N4O3. The van der Waals surface area contributed by atoms with Crippen molar-refractivity contribution in [2.45, 2.75) is 25.8 Å². The number of piperidine rings is 1. The van der Waals surface area contributed by atoms with E-state index in [4.69, 9.17) is 9.26 Å². The molecule has 1 saturated heterocycles. The van der Waals surface area contributed by atoms with Crippen molar-refractivity contribution in [3.05, 3.63) is 60.2 Å². The van der Waals surface area contributed by atoms with E-state index in [-0.39, 0.29) is 17.9 Å². The summed E-state index contributed by atoms with van der Waals surface area (Å²) in [7, 11) is 1.63. The monoisotopic (exact) mass is 406 g/mol. The molecule has 30 heavy (non-hydrogen) atoms. The quantitative estimate of drug-likeness (QED) is 0.670. The summed E-state index contributed by atoms with van der Waals surface area (Å²) in [5.41, 5.74) is 1.98. The lowest BCUT2D eigenvalue weighted by atomic mass is 9.95. The Hall–Kier alpha value is -3.35. The van der Waals surface area contributed by atoms with E-state index >= 15 is 0 Å². The first-order chi connectivity index (χ1) is 14.6. The van der Waals surface area contributed by atoms with Gasteiger partial charge in [0.25, 0.3) is 0 Å². The van der Waals surface area contributed by atoms with Crippen LogP contribution in [0.2, 0.25) is 0 Å². The molecular weight excluding hydrogens is 380 g/mol. The molecule has 1 fully saturated rings. The highest BCUT2D eigenvalue weighted by Gasteiger charge is 2.28. The molecule has 7 heteroatoms. The van der Waals surface area contributed by atoms with Gasteiger partial charge in [0.2, 0.25) is 11.7 Å². The lowest BCUT2D eigenvalue weighted by molar-refractivity contribution is -0.126. The second-order valence-electron chi connectivity index (χ2n) is 7.53. The zero-order valence-electron chi connectivity index (χ0n) is 17.2. The molecule has 0 spiro atoms. The summed E-state index contributed by atoms with van der Waals surface area (Å²) in [4.78, 5) is 19.2. The zero-order valence-corrected chi connectivity index (χ0v) is 17.2. The lowest BCUT2D eigenvalue weighted by Gasteiger charge is -2.30. The fourth-order valence-electron chi connectivity index (χ4n) is 3.69. The molecule has 0 aliphatic carbocycles. The number of hydrogen-bond donors (Lipinski definition) is 1. The fourth-order valence-corrected chi connectivity index (χ4v) is 3.69. The normalized spacial score (nSPS) is 15.6. The molecule has 0 bridgehead atoms. The van der Waals surface area contributed by atoms with Gasteiger partial charge in [-0.1, -0.05) is 35.5 Å². The van der Waals surface area contributed by atoms with Crippen LogP contribution in [0.4, 0.5) is 6.01 Å². The van der Waals surface area contributed by atoms with Crippen LogP contribution in [0, 0.1) is 5.92 Å². The first-order valence-corrected chi connectivity index (χ1v) is 10.2. The number of ether oxygens (including phenoxy) is 1. The molecule has 0 unspecified atom stereocenters. The number of anilines is 1. The fraction of sp³-hybridized carbons (Fsp3) is 0.348. The number of rotatable bonds is 6. The van der Waals surface area contributed by atoms with Crippen molar-refractivity contribution in [2.75, 3.05) is 25.1 Å². The Labute approximate surface area is 176 Å². The number of hydrogen-bond acceptors (Lipinski definition) is 6. The van der Waals surface area contributed by atoms with Crippen LogP contribution in [0.25, 0.3) is 11.4 Å². The van der Waals surface area contributed by atoms with Crippen molar-refractivity contribution >= 4 is 11.9 Å². The Bertz CT molecular complexity index is 964. The summed E-state index contributed by atoms with van der Waals surface area (Å²) in [6.07, 6.45) is 1.52. The minimum absolute atomic E-state index is 0.000255. The van der Waals surface area contributed by atoms with Crippen molar-refractivity contribution in [3.8, 4) is 17.1 Å². The third-order valence-corrected chi connectivity index (χ3v) is 5.56. The topological polar surface area (TPSA) is 80.5 Å². The van der Waals surface area contributed by atoms with Crippen LogP contribution in [0.3, 0.4) is 0 Å². The van der Waals surface area contributed by atoms with Gasteiger partial charge in [0.1, 0.15) is 5.75 Å². The maximum Gasteiger partial charge on any atom is 0.324 e. The van der Waals surface area contributed by atoms with Gasteiger partial charge in [0.05, 0.1) is 13.2 Å². The first-order valence-electron chi connectivity index (χ1n) is 10.2. The molecule has 1 aliphatic heterocycles. The molecule has 1 N–H and O–H groups in total. The number of amides is 1. The van der Waals surface area contributed by atoms with Crippen LogP contribution in [-0.4, -0.2) is 36.2 Å². The molecule has 0 saturated carbocycles. The van der Waals surface area contributed by atoms with E-state index in [1.807, 2.05) is 66.4 Å². The lowest BCUT2D eigenvalue weighted by Crippen LogP contribution is -2.41. The largest absolute Gasteiger partial charge is 0.497 e. The van der Waals surface area contributed by atoms with Crippen molar-refractivity contribution in [3.63, 3.8) is 0 Å². The predicted molar refractivity (Wildman–Crippen MR) is 114 cm³/mol. The molecule has 0 radical (unpaired) electrons. The summed E-state index contributed by atoms with van der Waals surface area (Å²) < 4.78 is 10.6. The molecule has 7 nitrogen and oxygen atoms in total. The summed E-state index contributed by atoms with van der Waals surface area (Å²) in [6.45, 7) is 3.44. The molecule has 1 aliphatic rings. The van der Waals surface area contributed by atoms with Crippen molar-refractivity contribution in [1.82, 2.24) is 15.5 Å². The minimum atomic E-state index is -0.00334. The van der Waals surface area contributed by atoms with Gasteiger partial charge in [-0.25, -0.2) is 0 Å². The number of carbonyl (C=O) groups is 1. The predicted octanol–water partition coefficient (Wildman–Crippen LogP) is 3.84. The van der Waals surface area contributed by atoms with E-state index in [1.165, 1.54) is 0 Å². The van der Waals surface area contributed by atoms with E-state index in [0.29, 0.717) is 24.9 Å². The zero-order chi connectivity index (χ0) is 20.9. The number of benzene rings is 2. The van der Waals surface area contributed by atoms with E-state index in [0.717, 1.165) is 29.7 Å². The highest BCUT2D eigenvalue weighted by molar-refractivity contribution is 5.79. The van der Waals surface area contributed by atoms with E-state index in [1.54, 1.807) is 7.11 Å². The highest BCUT2D eigenvalue weighted by Crippen LogP contribution is 2.26. The third kappa shape index (κ3) is 4.45. The van der Waals surface area contributed by atoms with Gasteiger partial charge in [-0.3, -0.25) is 4.79 Å². The van der Waals surface area contributed by atoms with Crippen molar-refractivity contribution in [2.24, 2.45) is 5.92 Å². The maximum absolute atomic E-state index is 12.7. The molecule has 1 aromatic heterocycles. The molecule has 1 atom stereocenters. The van der Waals surface area contributed by atoms with Crippen LogP contribution in [0.5, 0.6) is 5.75 Å². The van der Waals surface area contributed by atoms with E-state index in [2.05, 4.69) is 15.5 Å². The Balaban J connectivity index is 1.32. The maximum atomic E-state index is 12.7. The van der Waals surface area contributed by atoms with Crippen molar-refractivity contribution < 1.29 is 14.1 Å². The van der Waals surface area contributed by atoms with Crippen LogP contribution in [0.15, 0.2) is 59.1 Å². The summed E-state index contributed by atoms with van der Waals surface area (Å²) in [5, 5.41) is 7.23. The Kier molecular flexibility index (Phi) is 5.97. The summed E-state index contributed by atoms with van der Waals surface area (Å²) in [5.74, 6) is 1.43. The number of nitrogens with zero attached hydrogens (tertiary/aromatic N) is 3. The van der Waals surface area contributed by atoms with Gasteiger partial charge in [-0.2, -0.15) is 4.98 Å². The third-order valence-electron chi connectivity index (χ3n) is 5.56. The number of methoxy groups -OCH3 is 1. The van der Waals surface area contributed by atoms with Gasteiger partial charge >= 0.3 is 6.01 Å². The average Bonchev–Trinajstić information content (AvgIpc) is 3.30. The molecule has 3 aromatic rings. The molecule has 2 aromatic carbocycles. The Morgan fingerprint density at radius 1 is 1.13 bits per heavy atom. The first kappa shape index (κ1) is 19.9. The molecule has 156 valence electrons. The second-order valence-corrected chi connectivity index (χ2v) is 7.53. The van der Waals surface area contributed by atoms with Crippen LogP contribution < -0.4 is 15.0 Å². The van der Waals surface area contributed by atoms with Gasteiger partial charge in [0.15, 0.2) is 0 Å². The van der Waals surface area contributed by atoms with Gasteiger partial charge in [-0.15, -0.1) is 0 Å². The van der Waals surface area contributed by atoms with Crippen LogP contribution in [0.1, 0.15) is 31.4 Å². The molecule has 2 heterocycles. The number of aromatic nitrogens is 2. The Morgan fingerprint density at radius 3 is 2.50 bits per heavy atom. The average molecular weight is 406 g/mol. The minimum Gasteiger partial charge on any atom is -0.497 e. The molecule has 4 rings (SSSR count). The van der Waals surface area contributed by atoms with Crippen LogP contribution in [-0.2, 0) is 4.79 Å². The van der Waals surface area contributed by atoms with Gasteiger partial charge in [0, 0.05) is 24.6 Å². The highest BCUT2D eigenvalue weighted by atomic mass is 16.5. The number of carbonyl (C=O) groups excluding carboxylic acids is 1. The van der Waals surface area contributed by atoms with Gasteiger partial charge < -0.3 is 19.5 Å². The Morgan fingerprint density at radius 2 is 1.83 bits per heavy atom. The second kappa shape index (κ2) is 8.98. The van der Waals surface area contributed by atoms with Crippen molar-refractivity contribution in [1.29, 1.82) is 0 Å². The number of nitrogens with one attached hydrogen (secondary N) is 1. The smallest absolute Gasteiger partial charge is 0.324 e. The summed E-state index contributed by atoms with van der Waals surface area (Å²) >= 11 is 0. The standard InChI is InChI=1S/C23H26N4O3/c1-16(17-6-4-3-5-7-17)24-22(28)19-12-14-27(15-13-19)23-25-21(26-30-23)18-8-10-20(29-2)11-9-18/h3-11,16,19H,12-15H2,1-2H3,(H,24,28)/t16-/m1/s1. The summed E-state index contributed by atoms with van der Waals surface area (Å²) in [6, 6.07) is 18.0. The van der Waals surface area contributed by atoms with E-state index in [9.17, 15) is 4.79 Å². The molecule has 1 amide bonds. The van der Waals surface area contributed by atoms with Crippen LogP contribution >= 0.6 is 0 Å². The van der Waals surface area contributed by atoms with Gasteiger partial charge in [-0.05, 0) is 49.6 Å².